The fourth-order valence-corrected chi connectivity index (χ4v) is 3.84. The van der Waals surface area contributed by atoms with Gasteiger partial charge in [0.2, 0.25) is 5.91 Å². The van der Waals surface area contributed by atoms with Gasteiger partial charge in [0, 0.05) is 5.92 Å². The van der Waals surface area contributed by atoms with Gasteiger partial charge < -0.3 is 20.5 Å². The maximum Gasteiger partial charge on any atom is 0.408 e. The highest BCUT2D eigenvalue weighted by molar-refractivity contribution is 5.95. The number of carboxylic acids is 1. The SMILES string of the molecule is CC(C)(NC(=O)OCC1c2ccccc2-c2ccccc21)C(=O)NC1(C(=O)O)CC1. The lowest BCUT2D eigenvalue weighted by atomic mass is 9.98. The number of ether oxygens (including phenoxy) is 1. The maximum atomic E-state index is 12.5. The average Bonchev–Trinajstić information content (AvgIpc) is 3.42. The third-order valence-corrected chi connectivity index (χ3v) is 5.84. The van der Waals surface area contributed by atoms with Crippen molar-refractivity contribution in [2.75, 3.05) is 6.61 Å². The third-order valence-electron chi connectivity index (χ3n) is 5.84. The first-order chi connectivity index (χ1) is 14.2. The molecule has 2 aliphatic rings. The van der Waals surface area contributed by atoms with Crippen LogP contribution in [-0.4, -0.2) is 40.8 Å². The van der Waals surface area contributed by atoms with E-state index in [1.165, 1.54) is 13.8 Å². The van der Waals surface area contributed by atoms with Crippen LogP contribution < -0.4 is 10.6 Å². The van der Waals surface area contributed by atoms with E-state index in [1.807, 2.05) is 36.4 Å². The maximum absolute atomic E-state index is 12.5. The Bertz CT molecular complexity index is 980. The molecule has 2 aromatic carbocycles. The molecule has 0 atom stereocenters. The number of rotatable bonds is 6. The standard InChI is InChI=1S/C23H24N2O5/c1-22(2,19(26)24-23(11-12-23)20(27)28)25-21(29)30-13-18-16-9-5-3-7-14(16)15-8-4-6-10-17(15)18/h3-10,18H,11-13H2,1-2H3,(H,24,26)(H,25,29)(H,27,28). The molecule has 0 aliphatic heterocycles. The molecule has 156 valence electrons. The molecule has 0 heterocycles. The van der Waals surface area contributed by atoms with Crippen LogP contribution >= 0.6 is 0 Å². The van der Waals surface area contributed by atoms with Crippen LogP contribution in [0.1, 0.15) is 43.7 Å². The van der Waals surface area contributed by atoms with Crippen molar-refractivity contribution in [1.29, 1.82) is 0 Å². The molecular formula is C23H24N2O5. The molecule has 0 saturated heterocycles. The summed E-state index contributed by atoms with van der Waals surface area (Å²) in [6.45, 7) is 3.17. The van der Waals surface area contributed by atoms with E-state index in [1.54, 1.807) is 0 Å². The minimum absolute atomic E-state index is 0.0816. The molecule has 0 radical (unpaired) electrons. The fraction of sp³-hybridized carbons (Fsp3) is 0.348. The lowest BCUT2D eigenvalue weighted by molar-refractivity contribution is -0.144. The Balaban J connectivity index is 1.40. The molecule has 7 heteroatoms. The van der Waals surface area contributed by atoms with E-state index in [0.29, 0.717) is 12.8 Å². The molecule has 3 N–H and O–H groups in total. The summed E-state index contributed by atoms with van der Waals surface area (Å²) in [6, 6.07) is 16.0. The zero-order valence-electron chi connectivity index (χ0n) is 16.9. The molecule has 0 spiro atoms. The fourth-order valence-electron chi connectivity index (χ4n) is 3.84. The number of nitrogens with one attached hydrogen (secondary N) is 2. The Morgan fingerprint density at radius 2 is 1.57 bits per heavy atom. The van der Waals surface area contributed by atoms with Crippen molar-refractivity contribution in [3.63, 3.8) is 0 Å². The normalized spacial score (nSPS) is 16.2. The van der Waals surface area contributed by atoms with E-state index in [-0.39, 0.29) is 12.5 Å². The van der Waals surface area contributed by atoms with Crippen LogP contribution in [0.15, 0.2) is 48.5 Å². The quantitative estimate of drug-likeness (QED) is 0.681. The lowest BCUT2D eigenvalue weighted by Crippen LogP contribution is -2.58. The summed E-state index contributed by atoms with van der Waals surface area (Å²) in [4.78, 5) is 36.2. The number of benzene rings is 2. The number of carboxylic acid groups (broad SMARTS) is 1. The monoisotopic (exact) mass is 408 g/mol. The number of hydrogen-bond acceptors (Lipinski definition) is 4. The number of aliphatic carboxylic acids is 1. The van der Waals surface area contributed by atoms with E-state index in [0.717, 1.165) is 22.3 Å². The van der Waals surface area contributed by atoms with Gasteiger partial charge in [0.1, 0.15) is 17.7 Å². The molecule has 2 amide bonds. The average molecular weight is 408 g/mol. The summed E-state index contributed by atoms with van der Waals surface area (Å²) in [5, 5.41) is 14.3. The predicted octanol–water partition coefficient (Wildman–Crippen LogP) is 3.04. The van der Waals surface area contributed by atoms with Gasteiger partial charge in [-0.1, -0.05) is 48.5 Å². The second-order valence-corrected chi connectivity index (χ2v) is 8.42. The van der Waals surface area contributed by atoms with Gasteiger partial charge in [0.15, 0.2) is 0 Å². The highest BCUT2D eigenvalue weighted by atomic mass is 16.5. The molecule has 1 fully saturated rings. The lowest BCUT2D eigenvalue weighted by Gasteiger charge is -2.27. The van der Waals surface area contributed by atoms with E-state index in [2.05, 4.69) is 22.8 Å². The first-order valence-electron chi connectivity index (χ1n) is 9.93. The van der Waals surface area contributed by atoms with Crippen LogP contribution in [-0.2, 0) is 14.3 Å². The molecule has 0 unspecified atom stereocenters. The smallest absolute Gasteiger partial charge is 0.408 e. The second kappa shape index (κ2) is 7.16. The molecular weight excluding hydrogens is 384 g/mol. The summed E-state index contributed by atoms with van der Waals surface area (Å²) < 4.78 is 5.47. The molecule has 4 rings (SSSR count). The minimum Gasteiger partial charge on any atom is -0.480 e. The van der Waals surface area contributed by atoms with Crippen LogP contribution in [0.5, 0.6) is 0 Å². The molecule has 1 saturated carbocycles. The molecule has 2 aliphatic carbocycles. The van der Waals surface area contributed by atoms with Crippen molar-refractivity contribution in [2.24, 2.45) is 0 Å². The molecule has 30 heavy (non-hydrogen) atoms. The first-order valence-corrected chi connectivity index (χ1v) is 9.93. The van der Waals surface area contributed by atoms with Crippen LogP contribution in [0.4, 0.5) is 4.79 Å². The summed E-state index contributed by atoms with van der Waals surface area (Å²) in [5.41, 5.74) is 1.93. The van der Waals surface area contributed by atoms with Crippen LogP contribution in [0.2, 0.25) is 0 Å². The minimum atomic E-state index is -1.31. The Kier molecular flexibility index (Phi) is 4.76. The molecule has 2 aromatic rings. The van der Waals surface area contributed by atoms with Crippen molar-refractivity contribution in [2.45, 2.75) is 43.7 Å². The highest BCUT2D eigenvalue weighted by Gasteiger charge is 2.53. The van der Waals surface area contributed by atoms with Crippen LogP contribution in [0.25, 0.3) is 11.1 Å². The van der Waals surface area contributed by atoms with Crippen molar-refractivity contribution in [3.05, 3.63) is 59.7 Å². The van der Waals surface area contributed by atoms with Gasteiger partial charge in [-0.2, -0.15) is 0 Å². The van der Waals surface area contributed by atoms with Crippen molar-refractivity contribution < 1.29 is 24.2 Å². The van der Waals surface area contributed by atoms with Gasteiger partial charge in [-0.15, -0.1) is 0 Å². The van der Waals surface area contributed by atoms with Gasteiger partial charge in [-0.05, 0) is 48.9 Å². The topological polar surface area (TPSA) is 105 Å². The zero-order valence-corrected chi connectivity index (χ0v) is 16.9. The largest absolute Gasteiger partial charge is 0.480 e. The van der Waals surface area contributed by atoms with E-state index < -0.39 is 29.0 Å². The first kappa shape index (κ1) is 19.9. The summed E-state index contributed by atoms with van der Waals surface area (Å²) in [7, 11) is 0. The summed E-state index contributed by atoms with van der Waals surface area (Å²) >= 11 is 0. The Labute approximate surface area is 174 Å². The van der Waals surface area contributed by atoms with E-state index in [9.17, 15) is 19.5 Å². The number of fused-ring (bicyclic) bond motifs is 3. The molecule has 7 nitrogen and oxygen atoms in total. The number of hydrogen-bond donors (Lipinski definition) is 3. The van der Waals surface area contributed by atoms with E-state index >= 15 is 0 Å². The van der Waals surface area contributed by atoms with Gasteiger partial charge in [0.05, 0.1) is 0 Å². The number of carbonyl (C=O) groups excluding carboxylic acids is 2. The highest BCUT2D eigenvalue weighted by Crippen LogP contribution is 2.44. The summed E-state index contributed by atoms with van der Waals surface area (Å²) in [6.07, 6.45) is 0.0432. The number of alkyl carbamates (subject to hydrolysis) is 1. The summed E-state index contributed by atoms with van der Waals surface area (Å²) in [5.74, 6) is -1.70. The van der Waals surface area contributed by atoms with Crippen molar-refractivity contribution >= 4 is 18.0 Å². The molecule has 0 aromatic heterocycles. The van der Waals surface area contributed by atoms with Crippen molar-refractivity contribution in [3.8, 4) is 11.1 Å². The molecule has 0 bridgehead atoms. The number of amides is 2. The van der Waals surface area contributed by atoms with Crippen LogP contribution in [0, 0.1) is 0 Å². The van der Waals surface area contributed by atoms with Gasteiger partial charge in [0.25, 0.3) is 0 Å². The van der Waals surface area contributed by atoms with Gasteiger partial charge in [-0.3, -0.25) is 4.79 Å². The van der Waals surface area contributed by atoms with Crippen LogP contribution in [0.3, 0.4) is 0 Å². The number of carbonyl (C=O) groups is 3. The van der Waals surface area contributed by atoms with Gasteiger partial charge in [-0.25, -0.2) is 9.59 Å². The Morgan fingerprint density at radius 1 is 1.03 bits per heavy atom. The van der Waals surface area contributed by atoms with Crippen molar-refractivity contribution in [1.82, 2.24) is 10.6 Å². The van der Waals surface area contributed by atoms with E-state index in [4.69, 9.17) is 4.74 Å². The van der Waals surface area contributed by atoms with Gasteiger partial charge >= 0.3 is 12.1 Å². The third kappa shape index (κ3) is 3.51. The Hall–Kier alpha value is -3.35. The Morgan fingerprint density at radius 3 is 2.07 bits per heavy atom. The zero-order chi connectivity index (χ0) is 21.5. The predicted molar refractivity (Wildman–Crippen MR) is 110 cm³/mol. The second-order valence-electron chi connectivity index (χ2n) is 8.42.